The lowest BCUT2D eigenvalue weighted by Gasteiger charge is -2.40. The Balaban J connectivity index is 1.82. The predicted octanol–water partition coefficient (Wildman–Crippen LogP) is 2.29. The van der Waals surface area contributed by atoms with E-state index in [-0.39, 0.29) is 25.2 Å². The molecule has 8 heteroatoms. The van der Waals surface area contributed by atoms with Crippen molar-refractivity contribution >= 4 is 17.8 Å². The Morgan fingerprint density at radius 2 is 1.71 bits per heavy atom. The second-order valence-corrected chi connectivity index (χ2v) is 6.47. The molecule has 6 nitrogen and oxygen atoms in total. The molecule has 1 saturated heterocycles. The number of nitrogens with zero attached hydrogens (tertiary/aromatic N) is 2. The van der Waals surface area contributed by atoms with Gasteiger partial charge in [-0.3, -0.25) is 14.4 Å². The highest BCUT2D eigenvalue weighted by Crippen LogP contribution is 2.21. The number of carboxylic acids is 1. The quantitative estimate of drug-likeness (QED) is 0.853. The summed E-state index contributed by atoms with van der Waals surface area (Å²) in [5, 5.41) is 9.19. The number of amides is 2. The van der Waals surface area contributed by atoms with Gasteiger partial charge in [-0.25, -0.2) is 8.78 Å². The van der Waals surface area contributed by atoms with Gasteiger partial charge in [0.1, 0.15) is 17.7 Å². The Morgan fingerprint density at radius 3 is 2.36 bits per heavy atom. The van der Waals surface area contributed by atoms with Crippen LogP contribution in [-0.4, -0.2) is 51.8 Å². The van der Waals surface area contributed by atoms with E-state index in [0.717, 1.165) is 12.1 Å². The van der Waals surface area contributed by atoms with E-state index < -0.39 is 41.9 Å². The number of rotatable bonds is 5. The number of piperazine rings is 1. The Bertz CT molecular complexity index is 901. The van der Waals surface area contributed by atoms with Gasteiger partial charge in [0, 0.05) is 30.8 Å². The summed E-state index contributed by atoms with van der Waals surface area (Å²) in [5.74, 6) is -3.32. The van der Waals surface area contributed by atoms with Crippen molar-refractivity contribution in [3.05, 3.63) is 71.3 Å². The minimum atomic E-state index is -1.23. The Kier molecular flexibility index (Phi) is 5.67. The molecule has 0 spiro atoms. The average molecular weight is 388 g/mol. The third-order valence-electron chi connectivity index (χ3n) is 4.62. The van der Waals surface area contributed by atoms with Crippen LogP contribution in [0.1, 0.15) is 22.3 Å². The largest absolute Gasteiger partial charge is 0.481 e. The molecule has 3 rings (SSSR count). The minimum absolute atomic E-state index is 0.0137. The highest BCUT2D eigenvalue weighted by molar-refractivity contribution is 5.99. The molecule has 0 saturated carbocycles. The molecule has 2 aromatic carbocycles. The van der Waals surface area contributed by atoms with E-state index in [4.69, 9.17) is 0 Å². The van der Waals surface area contributed by atoms with Gasteiger partial charge >= 0.3 is 5.97 Å². The SMILES string of the molecule is O=C(O)CC1C(=O)N(Cc2ccccc2F)CCN1C(=O)c1ccc(F)cc1. The smallest absolute Gasteiger partial charge is 0.305 e. The molecular weight excluding hydrogens is 370 g/mol. The molecule has 1 atom stereocenters. The van der Waals surface area contributed by atoms with E-state index in [1.165, 1.54) is 34.1 Å². The summed E-state index contributed by atoms with van der Waals surface area (Å²) in [5.41, 5.74) is 0.468. The molecule has 2 aromatic rings. The van der Waals surface area contributed by atoms with Crippen LogP contribution in [0, 0.1) is 11.6 Å². The van der Waals surface area contributed by atoms with E-state index in [0.29, 0.717) is 5.56 Å². The van der Waals surface area contributed by atoms with Crippen LogP contribution in [0.4, 0.5) is 8.78 Å². The standard InChI is InChI=1S/C20H18F2N2O4/c21-15-7-5-13(6-8-15)19(27)24-10-9-23(20(28)17(24)11-18(25)26)12-14-3-1-2-4-16(14)22/h1-8,17H,9-12H2,(H,25,26). The van der Waals surface area contributed by atoms with E-state index in [1.807, 2.05) is 0 Å². The van der Waals surface area contributed by atoms with Crippen LogP contribution in [-0.2, 0) is 16.1 Å². The number of aliphatic carboxylic acids is 1. The third-order valence-corrected chi connectivity index (χ3v) is 4.62. The van der Waals surface area contributed by atoms with Gasteiger partial charge in [0.05, 0.1) is 6.42 Å². The minimum Gasteiger partial charge on any atom is -0.481 e. The maximum atomic E-state index is 13.9. The number of carboxylic acid groups (broad SMARTS) is 1. The van der Waals surface area contributed by atoms with Gasteiger partial charge in [0.15, 0.2) is 0 Å². The van der Waals surface area contributed by atoms with Gasteiger partial charge in [-0.15, -0.1) is 0 Å². The lowest BCUT2D eigenvalue weighted by molar-refractivity contribution is -0.148. The van der Waals surface area contributed by atoms with Crippen LogP contribution in [0.3, 0.4) is 0 Å². The first-order valence-electron chi connectivity index (χ1n) is 8.67. The average Bonchev–Trinajstić information content (AvgIpc) is 2.66. The molecule has 1 heterocycles. The van der Waals surface area contributed by atoms with Gasteiger partial charge < -0.3 is 14.9 Å². The van der Waals surface area contributed by atoms with Crippen molar-refractivity contribution in [1.29, 1.82) is 0 Å². The lowest BCUT2D eigenvalue weighted by atomic mass is 10.0. The number of hydrogen-bond donors (Lipinski definition) is 1. The lowest BCUT2D eigenvalue weighted by Crippen LogP contribution is -2.59. The Labute approximate surface area is 160 Å². The monoisotopic (exact) mass is 388 g/mol. The van der Waals surface area contributed by atoms with Crippen LogP contribution in [0.5, 0.6) is 0 Å². The van der Waals surface area contributed by atoms with Gasteiger partial charge in [-0.2, -0.15) is 0 Å². The predicted molar refractivity (Wildman–Crippen MR) is 95.3 cm³/mol. The molecule has 0 aromatic heterocycles. The summed E-state index contributed by atoms with van der Waals surface area (Å²) in [6, 6.07) is 9.60. The molecule has 1 aliphatic rings. The normalized spacial score (nSPS) is 16.9. The van der Waals surface area contributed by atoms with Gasteiger partial charge in [0.2, 0.25) is 5.91 Å². The molecular formula is C20H18F2N2O4. The number of halogens is 2. The van der Waals surface area contributed by atoms with Crippen molar-refractivity contribution in [2.45, 2.75) is 19.0 Å². The summed E-state index contributed by atoms with van der Waals surface area (Å²) >= 11 is 0. The maximum Gasteiger partial charge on any atom is 0.305 e. The first-order chi connectivity index (χ1) is 13.4. The van der Waals surface area contributed by atoms with E-state index in [9.17, 15) is 28.3 Å². The van der Waals surface area contributed by atoms with Crippen LogP contribution in [0.25, 0.3) is 0 Å². The van der Waals surface area contributed by atoms with Crippen molar-refractivity contribution in [3.63, 3.8) is 0 Å². The van der Waals surface area contributed by atoms with Gasteiger partial charge in [-0.05, 0) is 30.3 Å². The molecule has 0 aliphatic carbocycles. The second-order valence-electron chi connectivity index (χ2n) is 6.47. The molecule has 0 bridgehead atoms. The van der Waals surface area contributed by atoms with Crippen molar-refractivity contribution in [3.8, 4) is 0 Å². The van der Waals surface area contributed by atoms with Crippen LogP contribution < -0.4 is 0 Å². The number of carbonyl (C=O) groups excluding carboxylic acids is 2. The van der Waals surface area contributed by atoms with Crippen LogP contribution in [0.15, 0.2) is 48.5 Å². The van der Waals surface area contributed by atoms with Crippen LogP contribution >= 0.6 is 0 Å². The number of hydrogen-bond acceptors (Lipinski definition) is 3. The molecule has 1 fully saturated rings. The fourth-order valence-corrected chi connectivity index (χ4v) is 3.19. The highest BCUT2D eigenvalue weighted by atomic mass is 19.1. The molecule has 1 aliphatic heterocycles. The van der Waals surface area contributed by atoms with Crippen molar-refractivity contribution < 1.29 is 28.3 Å². The second kappa shape index (κ2) is 8.16. The zero-order valence-electron chi connectivity index (χ0n) is 14.8. The zero-order valence-corrected chi connectivity index (χ0v) is 14.8. The third kappa shape index (κ3) is 4.16. The summed E-state index contributed by atoms with van der Waals surface area (Å²) in [7, 11) is 0. The Hall–Kier alpha value is -3.29. The fraction of sp³-hybridized carbons (Fsp3) is 0.250. The summed E-state index contributed by atoms with van der Waals surface area (Å²) in [4.78, 5) is 39.4. The maximum absolute atomic E-state index is 13.9. The van der Waals surface area contributed by atoms with E-state index >= 15 is 0 Å². The first-order valence-corrected chi connectivity index (χ1v) is 8.67. The summed E-state index contributed by atoms with van der Waals surface area (Å²) in [6.45, 7) is 0.213. The summed E-state index contributed by atoms with van der Waals surface area (Å²) < 4.78 is 27.0. The molecule has 28 heavy (non-hydrogen) atoms. The molecule has 0 radical (unpaired) electrons. The van der Waals surface area contributed by atoms with Crippen molar-refractivity contribution in [1.82, 2.24) is 9.80 Å². The first kappa shape index (κ1) is 19.5. The topological polar surface area (TPSA) is 77.9 Å². The zero-order chi connectivity index (χ0) is 20.3. The fourth-order valence-electron chi connectivity index (χ4n) is 3.19. The molecule has 2 amide bonds. The van der Waals surface area contributed by atoms with E-state index in [2.05, 4.69) is 0 Å². The van der Waals surface area contributed by atoms with Gasteiger partial charge in [0.25, 0.3) is 5.91 Å². The summed E-state index contributed by atoms with van der Waals surface area (Å²) in [6.07, 6.45) is -0.570. The van der Waals surface area contributed by atoms with Crippen molar-refractivity contribution in [2.75, 3.05) is 13.1 Å². The number of benzene rings is 2. The molecule has 1 N–H and O–H groups in total. The molecule has 1 unspecified atom stereocenters. The molecule has 146 valence electrons. The number of carbonyl (C=O) groups is 3. The van der Waals surface area contributed by atoms with Gasteiger partial charge in [-0.1, -0.05) is 18.2 Å². The van der Waals surface area contributed by atoms with Crippen LogP contribution in [0.2, 0.25) is 0 Å². The Morgan fingerprint density at radius 1 is 1.04 bits per heavy atom. The highest BCUT2D eigenvalue weighted by Gasteiger charge is 2.39. The van der Waals surface area contributed by atoms with E-state index in [1.54, 1.807) is 12.1 Å². The van der Waals surface area contributed by atoms with Crippen molar-refractivity contribution in [2.24, 2.45) is 0 Å².